The van der Waals surface area contributed by atoms with Gasteiger partial charge in [0.2, 0.25) is 0 Å². The van der Waals surface area contributed by atoms with Gasteiger partial charge in [-0.2, -0.15) is 0 Å². The largest absolute Gasteiger partial charge is 0.396 e. The number of oxime groups is 1. The lowest BCUT2D eigenvalue weighted by Gasteiger charge is -2.01. The zero-order valence-corrected chi connectivity index (χ0v) is 9.77. The third-order valence-electron chi connectivity index (χ3n) is 2.12. The molecule has 17 heavy (non-hydrogen) atoms. The highest BCUT2D eigenvalue weighted by Crippen LogP contribution is 2.13. The molecule has 7 nitrogen and oxygen atoms in total. The average molecular weight is 234 g/mol. The van der Waals surface area contributed by atoms with Gasteiger partial charge in [-0.05, 0) is 13.8 Å². The maximum absolute atomic E-state index is 5.77. The Balaban J connectivity index is 2.24. The fraction of sp³-hybridized carbons (Fsp3) is 0.400. The zero-order chi connectivity index (χ0) is 12.3. The lowest BCUT2D eigenvalue weighted by molar-refractivity contribution is 0.158. The van der Waals surface area contributed by atoms with Crippen LogP contribution in [-0.2, 0) is 11.3 Å². The minimum Gasteiger partial charge on any atom is -0.396 e. The van der Waals surface area contributed by atoms with Gasteiger partial charge in [-0.3, -0.25) is 0 Å². The van der Waals surface area contributed by atoms with Gasteiger partial charge in [-0.1, -0.05) is 5.16 Å². The molecular formula is C10H14N6O. The number of nitrogens with two attached hydrogens (primary N) is 1. The van der Waals surface area contributed by atoms with Crippen LogP contribution in [-0.4, -0.2) is 32.3 Å². The van der Waals surface area contributed by atoms with Crippen LogP contribution in [0.2, 0.25) is 0 Å². The predicted octanol–water partition coefficient (Wildman–Crippen LogP) is 0.890. The second-order valence-electron chi connectivity index (χ2n) is 3.55. The Bertz CT molecular complexity index is 547. The van der Waals surface area contributed by atoms with Gasteiger partial charge >= 0.3 is 0 Å². The van der Waals surface area contributed by atoms with Crippen LogP contribution in [0.25, 0.3) is 11.2 Å². The quantitative estimate of drug-likeness (QED) is 0.604. The molecule has 0 spiro atoms. The molecule has 0 aromatic carbocycles. The van der Waals surface area contributed by atoms with E-state index in [0.717, 1.165) is 5.71 Å². The summed E-state index contributed by atoms with van der Waals surface area (Å²) in [7, 11) is 0. The lowest BCUT2D eigenvalue weighted by atomic mass is 10.3. The van der Waals surface area contributed by atoms with Gasteiger partial charge < -0.3 is 15.6 Å². The van der Waals surface area contributed by atoms with E-state index in [1.54, 1.807) is 6.33 Å². The number of nitrogens with one attached hydrogen (secondary N) is 1. The van der Waals surface area contributed by atoms with Gasteiger partial charge in [0.25, 0.3) is 0 Å². The van der Waals surface area contributed by atoms with Gasteiger partial charge in [0.15, 0.2) is 11.5 Å². The molecule has 0 bridgehead atoms. The van der Waals surface area contributed by atoms with Crippen molar-refractivity contribution >= 4 is 22.7 Å². The standard InChI is InChI=1S/C10H14N6O/c1-3-17-16-6(2)4-7-14-9(11)8-10(15-7)13-5-12-8/h5H,3-4H2,1-2H3,(H3,11,12,13,14,15)/b16-6-. The van der Waals surface area contributed by atoms with Crippen LogP contribution in [0.5, 0.6) is 0 Å². The summed E-state index contributed by atoms with van der Waals surface area (Å²) in [4.78, 5) is 20.4. The van der Waals surface area contributed by atoms with Gasteiger partial charge in [-0.15, -0.1) is 0 Å². The molecule has 2 rings (SSSR count). The van der Waals surface area contributed by atoms with Gasteiger partial charge in [0, 0.05) is 6.42 Å². The van der Waals surface area contributed by atoms with Crippen molar-refractivity contribution in [1.82, 2.24) is 19.9 Å². The highest BCUT2D eigenvalue weighted by Gasteiger charge is 2.08. The third-order valence-corrected chi connectivity index (χ3v) is 2.12. The van der Waals surface area contributed by atoms with Crippen molar-refractivity contribution in [2.75, 3.05) is 12.3 Å². The molecule has 0 radical (unpaired) electrons. The molecule has 7 heteroatoms. The fourth-order valence-corrected chi connectivity index (χ4v) is 1.42. The summed E-state index contributed by atoms with van der Waals surface area (Å²) in [5.74, 6) is 0.968. The Hall–Kier alpha value is -2.18. The molecule has 3 N–H and O–H groups in total. The van der Waals surface area contributed by atoms with Crippen LogP contribution < -0.4 is 5.73 Å². The fourth-order valence-electron chi connectivity index (χ4n) is 1.42. The van der Waals surface area contributed by atoms with Crippen molar-refractivity contribution in [2.24, 2.45) is 5.16 Å². The molecule has 0 fully saturated rings. The SMILES string of the molecule is CCO/N=C(/C)Cc1nc(N)c2nc[nH]c2n1. The number of nitrogens with zero attached hydrogens (tertiary/aromatic N) is 4. The minimum absolute atomic E-state index is 0.371. The van der Waals surface area contributed by atoms with E-state index >= 15 is 0 Å². The first kappa shape index (κ1) is 11.3. The molecule has 0 saturated heterocycles. The number of nitrogen functional groups attached to an aromatic ring is 1. The van der Waals surface area contributed by atoms with E-state index in [2.05, 4.69) is 25.1 Å². The van der Waals surface area contributed by atoms with Crippen molar-refractivity contribution in [3.8, 4) is 0 Å². The number of aromatic nitrogens is 4. The molecule has 2 heterocycles. The Kier molecular flexibility index (Phi) is 3.17. The molecule has 0 amide bonds. The summed E-state index contributed by atoms with van der Waals surface area (Å²) < 4.78 is 0. The second-order valence-corrected chi connectivity index (χ2v) is 3.55. The predicted molar refractivity (Wildman–Crippen MR) is 64.5 cm³/mol. The van der Waals surface area contributed by atoms with Crippen LogP contribution >= 0.6 is 0 Å². The maximum Gasteiger partial charge on any atom is 0.163 e. The molecule has 0 aliphatic rings. The third kappa shape index (κ3) is 2.49. The summed E-state index contributed by atoms with van der Waals surface area (Å²) in [5, 5.41) is 3.91. The molecule has 0 aliphatic carbocycles. The second kappa shape index (κ2) is 4.77. The first-order valence-corrected chi connectivity index (χ1v) is 5.31. The van der Waals surface area contributed by atoms with Crippen molar-refractivity contribution in [1.29, 1.82) is 0 Å². The summed E-state index contributed by atoms with van der Waals surface area (Å²) in [6.45, 7) is 4.27. The van der Waals surface area contributed by atoms with Crippen LogP contribution in [0.1, 0.15) is 19.7 Å². The summed E-state index contributed by atoms with van der Waals surface area (Å²) in [5.41, 5.74) is 7.80. The highest BCUT2D eigenvalue weighted by atomic mass is 16.6. The maximum atomic E-state index is 5.77. The van der Waals surface area contributed by atoms with Gasteiger partial charge in [-0.25, -0.2) is 15.0 Å². The normalized spacial score (nSPS) is 12.0. The van der Waals surface area contributed by atoms with Crippen LogP contribution in [0.3, 0.4) is 0 Å². The van der Waals surface area contributed by atoms with E-state index in [1.807, 2.05) is 13.8 Å². The van der Waals surface area contributed by atoms with E-state index in [1.165, 1.54) is 0 Å². The number of rotatable bonds is 4. The Morgan fingerprint density at radius 2 is 2.35 bits per heavy atom. The number of hydrogen-bond acceptors (Lipinski definition) is 6. The van der Waals surface area contributed by atoms with E-state index < -0.39 is 0 Å². The molecular weight excluding hydrogens is 220 g/mol. The first-order chi connectivity index (χ1) is 8.20. The average Bonchev–Trinajstić information content (AvgIpc) is 2.75. The van der Waals surface area contributed by atoms with Crippen LogP contribution in [0, 0.1) is 0 Å². The lowest BCUT2D eigenvalue weighted by Crippen LogP contribution is -2.06. The van der Waals surface area contributed by atoms with Crippen LogP contribution in [0.4, 0.5) is 5.82 Å². The first-order valence-electron chi connectivity index (χ1n) is 5.31. The number of aromatic amines is 1. The van der Waals surface area contributed by atoms with Crippen molar-refractivity contribution < 1.29 is 4.84 Å². The van der Waals surface area contributed by atoms with Crippen molar-refractivity contribution in [2.45, 2.75) is 20.3 Å². The molecule has 90 valence electrons. The molecule has 0 unspecified atom stereocenters. The summed E-state index contributed by atoms with van der Waals surface area (Å²) in [6.07, 6.45) is 2.04. The van der Waals surface area contributed by atoms with Crippen molar-refractivity contribution in [3.05, 3.63) is 12.2 Å². The Labute approximate surface area is 98.1 Å². The number of hydrogen-bond donors (Lipinski definition) is 2. The van der Waals surface area contributed by atoms with Gasteiger partial charge in [0.1, 0.15) is 17.9 Å². The van der Waals surface area contributed by atoms with E-state index in [0.29, 0.717) is 35.8 Å². The monoisotopic (exact) mass is 234 g/mol. The molecule has 2 aromatic heterocycles. The molecule has 0 atom stereocenters. The molecule has 0 aliphatic heterocycles. The van der Waals surface area contributed by atoms with Crippen LogP contribution in [0.15, 0.2) is 11.5 Å². The summed E-state index contributed by atoms with van der Waals surface area (Å²) >= 11 is 0. The number of imidazole rings is 1. The smallest absolute Gasteiger partial charge is 0.163 e. The Morgan fingerprint density at radius 3 is 3.12 bits per heavy atom. The molecule has 2 aromatic rings. The zero-order valence-electron chi connectivity index (χ0n) is 9.77. The summed E-state index contributed by atoms with van der Waals surface area (Å²) in [6, 6.07) is 0. The van der Waals surface area contributed by atoms with Crippen molar-refractivity contribution in [3.63, 3.8) is 0 Å². The van der Waals surface area contributed by atoms with E-state index in [-0.39, 0.29) is 0 Å². The number of anilines is 1. The number of fused-ring (bicyclic) bond motifs is 1. The molecule has 0 saturated carbocycles. The van der Waals surface area contributed by atoms with Gasteiger partial charge in [0.05, 0.1) is 12.0 Å². The Morgan fingerprint density at radius 1 is 1.53 bits per heavy atom. The minimum atomic E-state index is 0.371. The van der Waals surface area contributed by atoms with E-state index in [9.17, 15) is 0 Å². The highest BCUT2D eigenvalue weighted by molar-refractivity contribution is 5.85. The number of H-pyrrole nitrogens is 1. The topological polar surface area (TPSA) is 102 Å². The van der Waals surface area contributed by atoms with E-state index in [4.69, 9.17) is 10.6 Å².